The Balaban J connectivity index is 2.06. The number of nitrogens with zero attached hydrogens (tertiary/aromatic N) is 1. The van der Waals surface area contributed by atoms with Crippen LogP contribution in [0.5, 0.6) is 0 Å². The van der Waals surface area contributed by atoms with Crippen LogP contribution < -0.4 is 5.73 Å². The van der Waals surface area contributed by atoms with Crippen LogP contribution in [0.4, 0.5) is 8.78 Å². The summed E-state index contributed by atoms with van der Waals surface area (Å²) in [5.41, 5.74) is 6.95. The third kappa shape index (κ3) is 3.50. The van der Waals surface area contributed by atoms with Crippen molar-refractivity contribution in [3.05, 3.63) is 35.4 Å². The summed E-state index contributed by atoms with van der Waals surface area (Å²) in [6.45, 7) is 0.473. The van der Waals surface area contributed by atoms with Crippen LogP contribution in [0.25, 0.3) is 0 Å². The molecule has 1 aliphatic heterocycles. The first-order valence-electron chi connectivity index (χ1n) is 6.48. The molecule has 0 unspecified atom stereocenters. The minimum absolute atomic E-state index is 0.133. The van der Waals surface area contributed by atoms with E-state index < -0.39 is 12.5 Å². The van der Waals surface area contributed by atoms with Crippen LogP contribution in [-0.4, -0.2) is 36.4 Å². The highest BCUT2D eigenvalue weighted by molar-refractivity contribution is 5.94. The number of alkyl halides is 2. The normalized spacial score (nSPS) is 18.4. The van der Waals surface area contributed by atoms with Gasteiger partial charge < -0.3 is 10.6 Å². The lowest BCUT2D eigenvalue weighted by Crippen LogP contribution is -2.45. The summed E-state index contributed by atoms with van der Waals surface area (Å²) in [6, 6.07) is 7.00. The molecule has 1 saturated heterocycles. The number of piperidine rings is 1. The van der Waals surface area contributed by atoms with E-state index in [2.05, 4.69) is 0 Å². The fraction of sp³-hybridized carbons (Fsp3) is 0.500. The molecule has 1 heterocycles. The first-order valence-corrected chi connectivity index (χ1v) is 6.48. The van der Waals surface area contributed by atoms with Gasteiger partial charge in [-0.15, -0.1) is 0 Å². The molecule has 1 aromatic carbocycles. The molecule has 0 bridgehead atoms. The molecule has 0 spiro atoms. The van der Waals surface area contributed by atoms with E-state index in [1.54, 1.807) is 12.1 Å². The van der Waals surface area contributed by atoms with E-state index in [1.807, 2.05) is 12.1 Å². The van der Waals surface area contributed by atoms with Gasteiger partial charge in [-0.2, -0.15) is 0 Å². The quantitative estimate of drug-likeness (QED) is 0.912. The van der Waals surface area contributed by atoms with Gasteiger partial charge in [0.05, 0.1) is 6.54 Å². The number of nitrogens with two attached hydrogens (primary N) is 1. The average molecular weight is 268 g/mol. The molecule has 0 saturated carbocycles. The van der Waals surface area contributed by atoms with Crippen LogP contribution in [0.3, 0.4) is 0 Å². The van der Waals surface area contributed by atoms with Crippen molar-refractivity contribution in [2.45, 2.75) is 25.2 Å². The van der Waals surface area contributed by atoms with Gasteiger partial charge in [0, 0.05) is 18.5 Å². The summed E-state index contributed by atoms with van der Waals surface area (Å²) in [7, 11) is 0. The number of likely N-dealkylation sites (tertiary alicyclic amines) is 1. The maximum absolute atomic E-state index is 13.3. The number of carbonyl (C=O) groups is 1. The highest BCUT2D eigenvalue weighted by Gasteiger charge is 2.37. The third-order valence-electron chi connectivity index (χ3n) is 3.31. The van der Waals surface area contributed by atoms with Gasteiger partial charge in [-0.25, -0.2) is 8.78 Å². The first kappa shape index (κ1) is 13.9. The molecule has 1 fully saturated rings. The molecule has 0 atom stereocenters. The number of carbonyl (C=O) groups excluding carboxylic acids is 1. The highest BCUT2D eigenvalue weighted by atomic mass is 19.3. The lowest BCUT2D eigenvalue weighted by Gasteiger charge is -2.32. The largest absolute Gasteiger partial charge is 0.333 e. The van der Waals surface area contributed by atoms with E-state index in [-0.39, 0.29) is 12.3 Å². The number of hydrogen-bond acceptors (Lipinski definition) is 2. The predicted molar refractivity (Wildman–Crippen MR) is 69.3 cm³/mol. The smallest absolute Gasteiger partial charge is 0.265 e. The number of hydrogen-bond donors (Lipinski definition) is 1. The first-order chi connectivity index (χ1) is 9.02. The maximum atomic E-state index is 13.3. The van der Waals surface area contributed by atoms with Crippen molar-refractivity contribution in [1.29, 1.82) is 0 Å². The minimum atomic E-state index is -2.76. The van der Waals surface area contributed by atoms with Gasteiger partial charge in [0.1, 0.15) is 0 Å². The molecule has 2 N–H and O–H groups in total. The Morgan fingerprint density at radius 3 is 2.58 bits per heavy atom. The van der Waals surface area contributed by atoms with Gasteiger partial charge in [-0.1, -0.05) is 12.1 Å². The number of rotatable bonds is 3. The van der Waals surface area contributed by atoms with E-state index in [0.717, 1.165) is 12.0 Å². The van der Waals surface area contributed by atoms with E-state index in [9.17, 15) is 13.6 Å². The van der Waals surface area contributed by atoms with Crippen LogP contribution in [0, 0.1) is 0 Å². The van der Waals surface area contributed by atoms with E-state index >= 15 is 0 Å². The molecule has 1 amide bonds. The van der Waals surface area contributed by atoms with Gasteiger partial charge in [0.2, 0.25) is 0 Å². The lowest BCUT2D eigenvalue weighted by atomic mass is 10.0. The van der Waals surface area contributed by atoms with Gasteiger partial charge in [-0.05, 0) is 37.1 Å². The Bertz CT molecular complexity index is 445. The maximum Gasteiger partial charge on any atom is 0.265 e. The average Bonchev–Trinajstić information content (AvgIpc) is 2.38. The van der Waals surface area contributed by atoms with E-state index in [1.165, 1.54) is 4.90 Å². The Hall–Kier alpha value is -1.49. The summed E-state index contributed by atoms with van der Waals surface area (Å²) in [5, 5.41) is 0. The summed E-state index contributed by atoms with van der Waals surface area (Å²) in [4.78, 5) is 13.4. The zero-order valence-electron chi connectivity index (χ0n) is 10.7. The molecule has 3 nitrogen and oxygen atoms in total. The summed E-state index contributed by atoms with van der Waals surface area (Å²) < 4.78 is 26.6. The van der Waals surface area contributed by atoms with Crippen LogP contribution in [0.15, 0.2) is 24.3 Å². The second-order valence-electron chi connectivity index (χ2n) is 4.92. The van der Waals surface area contributed by atoms with Crippen molar-refractivity contribution in [3.63, 3.8) is 0 Å². The van der Waals surface area contributed by atoms with E-state index in [4.69, 9.17) is 5.73 Å². The molecule has 1 aliphatic rings. The zero-order chi connectivity index (χ0) is 13.9. The van der Waals surface area contributed by atoms with Gasteiger partial charge in [0.15, 0.2) is 0 Å². The van der Waals surface area contributed by atoms with Gasteiger partial charge in [0.25, 0.3) is 11.8 Å². The lowest BCUT2D eigenvalue weighted by molar-refractivity contribution is -0.0560. The van der Waals surface area contributed by atoms with Crippen molar-refractivity contribution in [2.24, 2.45) is 5.73 Å². The molecular weight excluding hydrogens is 250 g/mol. The molecular formula is C14H18F2N2O. The standard InChI is InChI=1S/C14H18F2N2O/c15-14(16)7-1-9-18(10-14)13(19)12-4-2-11(3-5-12)6-8-17/h2-5H,1,6-10,17H2. The van der Waals surface area contributed by atoms with E-state index in [0.29, 0.717) is 25.1 Å². The molecule has 104 valence electrons. The van der Waals surface area contributed by atoms with Crippen LogP contribution in [0.2, 0.25) is 0 Å². The molecule has 0 aliphatic carbocycles. The monoisotopic (exact) mass is 268 g/mol. The third-order valence-corrected chi connectivity index (χ3v) is 3.31. The number of amides is 1. The fourth-order valence-electron chi connectivity index (χ4n) is 2.30. The molecule has 0 aromatic heterocycles. The summed E-state index contributed by atoms with van der Waals surface area (Å²) in [5.74, 6) is -3.08. The molecule has 0 radical (unpaired) electrons. The topological polar surface area (TPSA) is 46.3 Å². The van der Waals surface area contributed by atoms with Crippen molar-refractivity contribution < 1.29 is 13.6 Å². The van der Waals surface area contributed by atoms with Gasteiger partial charge >= 0.3 is 0 Å². The fourth-order valence-corrected chi connectivity index (χ4v) is 2.30. The SMILES string of the molecule is NCCc1ccc(C(=O)N2CCCC(F)(F)C2)cc1. The van der Waals surface area contributed by atoms with Crippen LogP contribution >= 0.6 is 0 Å². The molecule has 5 heteroatoms. The predicted octanol–water partition coefficient (Wildman–Crippen LogP) is 2.06. The van der Waals surface area contributed by atoms with Crippen molar-refractivity contribution in [3.8, 4) is 0 Å². The van der Waals surface area contributed by atoms with Crippen LogP contribution in [0.1, 0.15) is 28.8 Å². The Labute approximate surface area is 111 Å². The molecule has 1 aromatic rings. The van der Waals surface area contributed by atoms with Gasteiger partial charge in [-0.3, -0.25) is 4.79 Å². The second kappa shape index (κ2) is 5.65. The number of halogens is 2. The summed E-state index contributed by atoms with van der Waals surface area (Å²) in [6.07, 6.45) is 0.965. The Morgan fingerprint density at radius 1 is 1.32 bits per heavy atom. The van der Waals surface area contributed by atoms with Crippen molar-refractivity contribution in [1.82, 2.24) is 4.90 Å². The summed E-state index contributed by atoms with van der Waals surface area (Å²) >= 11 is 0. The molecule has 2 rings (SSSR count). The Kier molecular flexibility index (Phi) is 4.14. The Morgan fingerprint density at radius 2 is 2.00 bits per heavy atom. The van der Waals surface area contributed by atoms with Crippen molar-refractivity contribution in [2.75, 3.05) is 19.6 Å². The zero-order valence-corrected chi connectivity index (χ0v) is 10.7. The second-order valence-corrected chi connectivity index (χ2v) is 4.92. The van der Waals surface area contributed by atoms with Crippen molar-refractivity contribution >= 4 is 5.91 Å². The highest BCUT2D eigenvalue weighted by Crippen LogP contribution is 2.27. The number of benzene rings is 1. The molecule has 19 heavy (non-hydrogen) atoms. The van der Waals surface area contributed by atoms with Crippen LogP contribution in [-0.2, 0) is 6.42 Å². The minimum Gasteiger partial charge on any atom is -0.333 e.